The number of ether oxygens (including phenoxy) is 1. The van der Waals surface area contributed by atoms with Crippen molar-refractivity contribution in [3.63, 3.8) is 0 Å². The number of para-hydroxylation sites is 1. The quantitative estimate of drug-likeness (QED) is 0.599. The molecule has 0 bridgehead atoms. The Hall–Kier alpha value is -3.57. The van der Waals surface area contributed by atoms with E-state index in [0.717, 1.165) is 0 Å². The van der Waals surface area contributed by atoms with Crippen LogP contribution in [0.4, 0.5) is 10.5 Å². The fourth-order valence-electron chi connectivity index (χ4n) is 2.56. The van der Waals surface area contributed by atoms with Crippen LogP contribution in [0.5, 0.6) is 0 Å². The largest absolute Gasteiger partial charge is 0.452 e. The molecule has 29 heavy (non-hydrogen) atoms. The van der Waals surface area contributed by atoms with Gasteiger partial charge in [-0.2, -0.15) is 5.26 Å². The number of benzene rings is 2. The number of hydrogen-bond acceptors (Lipinski definition) is 5. The van der Waals surface area contributed by atoms with Gasteiger partial charge in [0, 0.05) is 5.02 Å². The van der Waals surface area contributed by atoms with Crippen LogP contribution >= 0.6 is 11.6 Å². The fraction of sp³-hybridized carbons (Fsp3) is 0.200. The van der Waals surface area contributed by atoms with Gasteiger partial charge in [-0.3, -0.25) is 9.59 Å². The molecule has 0 aliphatic carbocycles. The Balaban J connectivity index is 2.03. The molecule has 0 fully saturated rings. The number of nitrogens with two attached hydrogens (primary N) is 1. The number of nitrogens with zero attached hydrogens (tertiary/aromatic N) is 1. The molecule has 2 rings (SSSR count). The summed E-state index contributed by atoms with van der Waals surface area (Å²) in [7, 11) is 0. The maximum absolute atomic E-state index is 12.3. The molecule has 2 aromatic rings. The average Bonchev–Trinajstić information content (AvgIpc) is 2.67. The van der Waals surface area contributed by atoms with Crippen molar-refractivity contribution in [2.24, 2.45) is 5.73 Å². The standard InChI is InChI=1S/C20H19ClN4O4/c1-12(19(27)24-16-9-5-2-6-13(16)11-22)29-18(26)10-17(25-20(23)28)14-7-3-4-8-15(14)21/h2-9,12,17H,10H2,1H3,(H,24,27)(H3,23,25,28)/t12-,17+/m1/s1. The first kappa shape index (κ1) is 21.7. The number of urea groups is 1. The number of nitrogens with one attached hydrogen (secondary N) is 2. The molecule has 0 unspecified atom stereocenters. The second-order valence-electron chi connectivity index (χ2n) is 6.07. The monoisotopic (exact) mass is 414 g/mol. The minimum Gasteiger partial charge on any atom is -0.452 e. The minimum absolute atomic E-state index is 0.279. The molecular weight excluding hydrogens is 396 g/mol. The Morgan fingerprint density at radius 1 is 1.17 bits per heavy atom. The number of carbonyl (C=O) groups excluding carboxylic acids is 3. The van der Waals surface area contributed by atoms with Crippen LogP contribution in [0.2, 0.25) is 5.02 Å². The number of halogens is 1. The first-order chi connectivity index (χ1) is 13.8. The lowest BCUT2D eigenvalue weighted by Crippen LogP contribution is -2.36. The van der Waals surface area contributed by atoms with Crippen molar-refractivity contribution in [1.82, 2.24) is 5.32 Å². The summed E-state index contributed by atoms with van der Waals surface area (Å²) in [6.07, 6.45) is -1.41. The first-order valence-electron chi connectivity index (χ1n) is 8.61. The normalized spacial score (nSPS) is 12.2. The third kappa shape index (κ3) is 6.23. The first-order valence-corrected chi connectivity index (χ1v) is 8.99. The predicted molar refractivity (Wildman–Crippen MR) is 107 cm³/mol. The summed E-state index contributed by atoms with van der Waals surface area (Å²) < 4.78 is 5.16. The van der Waals surface area contributed by atoms with E-state index in [2.05, 4.69) is 10.6 Å². The van der Waals surface area contributed by atoms with E-state index in [1.165, 1.54) is 6.92 Å². The Morgan fingerprint density at radius 3 is 2.48 bits per heavy atom. The molecule has 0 saturated carbocycles. The fourth-order valence-corrected chi connectivity index (χ4v) is 2.83. The highest BCUT2D eigenvalue weighted by Gasteiger charge is 2.24. The SMILES string of the molecule is C[C@@H](OC(=O)C[C@H](NC(N)=O)c1ccccc1Cl)C(=O)Nc1ccccc1C#N. The molecule has 0 aliphatic heterocycles. The van der Waals surface area contributed by atoms with Crippen molar-refractivity contribution in [2.75, 3.05) is 5.32 Å². The van der Waals surface area contributed by atoms with Crippen molar-refractivity contribution < 1.29 is 19.1 Å². The molecule has 0 spiro atoms. The number of carbonyl (C=O) groups is 3. The van der Waals surface area contributed by atoms with E-state index in [4.69, 9.17) is 27.3 Å². The van der Waals surface area contributed by atoms with Crippen molar-refractivity contribution in [3.8, 4) is 6.07 Å². The van der Waals surface area contributed by atoms with Gasteiger partial charge in [-0.25, -0.2) is 4.79 Å². The highest BCUT2D eigenvalue weighted by atomic mass is 35.5. The van der Waals surface area contributed by atoms with Gasteiger partial charge in [0.05, 0.1) is 23.7 Å². The van der Waals surface area contributed by atoms with Crippen molar-refractivity contribution in [1.29, 1.82) is 5.26 Å². The number of esters is 1. The molecule has 150 valence electrons. The lowest BCUT2D eigenvalue weighted by atomic mass is 10.0. The van der Waals surface area contributed by atoms with Gasteiger partial charge in [-0.05, 0) is 30.7 Å². The van der Waals surface area contributed by atoms with Crippen LogP contribution in [0.25, 0.3) is 0 Å². The van der Waals surface area contributed by atoms with Crippen LogP contribution in [-0.4, -0.2) is 24.0 Å². The number of hydrogen-bond donors (Lipinski definition) is 3. The molecule has 2 atom stereocenters. The summed E-state index contributed by atoms with van der Waals surface area (Å²) in [5.41, 5.74) is 6.27. The van der Waals surface area contributed by atoms with Crippen LogP contribution in [0.3, 0.4) is 0 Å². The summed E-state index contributed by atoms with van der Waals surface area (Å²) in [6.45, 7) is 1.40. The Bertz CT molecular complexity index is 957. The van der Waals surface area contributed by atoms with Crippen LogP contribution in [0, 0.1) is 11.3 Å². The molecule has 0 aromatic heterocycles. The van der Waals surface area contributed by atoms with Gasteiger partial charge in [0.25, 0.3) is 5.91 Å². The van der Waals surface area contributed by atoms with Crippen LogP contribution in [-0.2, 0) is 14.3 Å². The molecule has 2 aromatic carbocycles. The topological polar surface area (TPSA) is 134 Å². The predicted octanol–water partition coefficient (Wildman–Crippen LogP) is 2.88. The van der Waals surface area contributed by atoms with E-state index in [1.54, 1.807) is 48.5 Å². The minimum atomic E-state index is -1.13. The summed E-state index contributed by atoms with van der Waals surface area (Å²) in [4.78, 5) is 35.9. The Labute approximate surface area is 172 Å². The van der Waals surface area contributed by atoms with E-state index in [9.17, 15) is 14.4 Å². The lowest BCUT2D eigenvalue weighted by molar-refractivity contribution is -0.153. The maximum atomic E-state index is 12.3. The smallest absolute Gasteiger partial charge is 0.312 e. The average molecular weight is 415 g/mol. The lowest BCUT2D eigenvalue weighted by Gasteiger charge is -2.20. The van der Waals surface area contributed by atoms with E-state index in [1.807, 2.05) is 6.07 Å². The highest BCUT2D eigenvalue weighted by Crippen LogP contribution is 2.25. The number of primary amides is 1. The molecule has 0 aliphatic rings. The van der Waals surface area contributed by atoms with E-state index < -0.39 is 30.1 Å². The second kappa shape index (κ2) is 10.1. The molecule has 9 heteroatoms. The zero-order chi connectivity index (χ0) is 21.4. The third-order valence-corrected chi connectivity index (χ3v) is 4.29. The maximum Gasteiger partial charge on any atom is 0.312 e. The number of rotatable bonds is 7. The van der Waals surface area contributed by atoms with E-state index >= 15 is 0 Å². The number of amides is 3. The summed E-state index contributed by atoms with van der Waals surface area (Å²) >= 11 is 6.13. The molecular formula is C20H19ClN4O4. The van der Waals surface area contributed by atoms with Gasteiger partial charge >= 0.3 is 12.0 Å². The van der Waals surface area contributed by atoms with Crippen LogP contribution < -0.4 is 16.4 Å². The molecule has 8 nitrogen and oxygen atoms in total. The van der Waals surface area contributed by atoms with Gasteiger partial charge in [-0.1, -0.05) is 41.9 Å². The van der Waals surface area contributed by atoms with Crippen molar-refractivity contribution in [2.45, 2.75) is 25.5 Å². The van der Waals surface area contributed by atoms with Gasteiger partial charge < -0.3 is 21.1 Å². The van der Waals surface area contributed by atoms with Crippen LogP contribution in [0.1, 0.15) is 30.5 Å². The molecule has 0 saturated heterocycles. The van der Waals surface area contributed by atoms with Gasteiger partial charge in [0.2, 0.25) is 0 Å². The van der Waals surface area contributed by atoms with E-state index in [0.29, 0.717) is 16.3 Å². The second-order valence-corrected chi connectivity index (χ2v) is 6.47. The van der Waals surface area contributed by atoms with Gasteiger partial charge in [0.1, 0.15) is 6.07 Å². The molecule has 3 amide bonds. The third-order valence-electron chi connectivity index (χ3n) is 3.95. The van der Waals surface area contributed by atoms with Gasteiger partial charge in [-0.15, -0.1) is 0 Å². The summed E-state index contributed by atoms with van der Waals surface area (Å²) in [6, 6.07) is 13.4. The Morgan fingerprint density at radius 2 is 1.83 bits per heavy atom. The number of anilines is 1. The van der Waals surface area contributed by atoms with Crippen molar-refractivity contribution in [3.05, 3.63) is 64.7 Å². The Kier molecular flexibility index (Phi) is 7.57. The molecule has 0 radical (unpaired) electrons. The van der Waals surface area contributed by atoms with E-state index in [-0.39, 0.29) is 12.0 Å². The molecule has 0 heterocycles. The zero-order valence-electron chi connectivity index (χ0n) is 15.5. The van der Waals surface area contributed by atoms with Crippen molar-refractivity contribution >= 4 is 35.2 Å². The number of nitriles is 1. The highest BCUT2D eigenvalue weighted by molar-refractivity contribution is 6.31. The molecule has 4 N–H and O–H groups in total. The van der Waals surface area contributed by atoms with Gasteiger partial charge in [0.15, 0.2) is 6.10 Å². The summed E-state index contributed by atoms with van der Waals surface area (Å²) in [5, 5.41) is 14.4. The van der Waals surface area contributed by atoms with Crippen LogP contribution in [0.15, 0.2) is 48.5 Å². The zero-order valence-corrected chi connectivity index (χ0v) is 16.3. The summed E-state index contributed by atoms with van der Waals surface area (Å²) in [5.74, 6) is -1.34.